The minimum atomic E-state index is -3.77. The normalized spacial score (nSPS) is 21.0. The van der Waals surface area contributed by atoms with Crippen molar-refractivity contribution in [3.05, 3.63) is 72.1 Å². The molecule has 1 aliphatic rings. The summed E-state index contributed by atoms with van der Waals surface area (Å²) in [6.45, 7) is 1.98. The molecule has 1 aliphatic heterocycles. The van der Waals surface area contributed by atoms with E-state index in [0.29, 0.717) is 13.0 Å². The summed E-state index contributed by atoms with van der Waals surface area (Å²) in [6.07, 6.45) is 6.13. The van der Waals surface area contributed by atoms with Gasteiger partial charge in [-0.1, -0.05) is 29.8 Å². The molecule has 0 aliphatic carbocycles. The van der Waals surface area contributed by atoms with E-state index in [1.54, 1.807) is 36.7 Å². The number of carbonyl (C=O) groups is 1. The fraction of sp³-hybridized carbons (Fsp3) is 0.364. The highest BCUT2D eigenvalue weighted by molar-refractivity contribution is 7.89. The summed E-state index contributed by atoms with van der Waals surface area (Å²) in [5.41, 5.74) is 2.03. The predicted molar refractivity (Wildman–Crippen MR) is 116 cm³/mol. The van der Waals surface area contributed by atoms with Crippen molar-refractivity contribution in [3.63, 3.8) is 0 Å². The summed E-state index contributed by atoms with van der Waals surface area (Å²) >= 11 is 0. The van der Waals surface area contributed by atoms with E-state index >= 15 is 0 Å². The maximum Gasteiger partial charge on any atom is 0.241 e. The molecule has 9 heteroatoms. The van der Waals surface area contributed by atoms with Crippen LogP contribution in [0.3, 0.4) is 0 Å². The number of benzene rings is 1. The van der Waals surface area contributed by atoms with E-state index in [1.807, 2.05) is 19.1 Å². The number of aliphatic hydroxyl groups is 1. The number of hydrogen-bond donors (Lipinski definition) is 3. The number of pyridine rings is 1. The molecule has 0 saturated heterocycles. The highest BCUT2D eigenvalue weighted by Gasteiger charge is 2.31. The van der Waals surface area contributed by atoms with Crippen molar-refractivity contribution in [1.82, 2.24) is 15.0 Å². The van der Waals surface area contributed by atoms with Crippen molar-refractivity contribution < 1.29 is 23.1 Å². The zero-order chi connectivity index (χ0) is 22.3. The van der Waals surface area contributed by atoms with E-state index in [0.717, 1.165) is 11.1 Å². The Morgan fingerprint density at radius 1 is 1.13 bits per heavy atom. The predicted octanol–water partition coefficient (Wildman–Crippen LogP) is 1.10. The molecule has 2 aromatic rings. The second-order valence-corrected chi connectivity index (χ2v) is 9.11. The number of amides is 1. The number of aliphatic hydroxyl groups excluding tert-OH is 1. The fourth-order valence-corrected chi connectivity index (χ4v) is 4.44. The third-order valence-electron chi connectivity index (χ3n) is 4.96. The van der Waals surface area contributed by atoms with Crippen LogP contribution in [0.15, 0.2) is 65.8 Å². The standard InChI is InChI=1S/C22H27N3O5S/c1-16-2-5-19(6-3-16)31(28,29)25-20-7-4-18(30-21(20)15-26)14-22(27)24-13-10-17-8-11-23-12-9-17/h2-9,11-12,18,20-21,25-26H,10,13-15H2,1H3,(H,24,27)/t18-,20+,21+/m0/s1. The molecule has 1 amide bonds. The first-order valence-corrected chi connectivity index (χ1v) is 11.5. The summed E-state index contributed by atoms with van der Waals surface area (Å²) in [6, 6.07) is 9.53. The molecule has 31 heavy (non-hydrogen) atoms. The third kappa shape index (κ3) is 6.70. The molecule has 8 nitrogen and oxygen atoms in total. The first-order chi connectivity index (χ1) is 14.9. The number of hydrogen-bond acceptors (Lipinski definition) is 6. The molecule has 0 unspecified atom stereocenters. The summed E-state index contributed by atoms with van der Waals surface area (Å²) in [5, 5.41) is 12.5. The Morgan fingerprint density at radius 3 is 2.52 bits per heavy atom. The molecule has 3 rings (SSSR count). The molecule has 0 saturated carbocycles. The number of ether oxygens (including phenoxy) is 1. The first-order valence-electron chi connectivity index (χ1n) is 10.1. The molecule has 0 spiro atoms. The lowest BCUT2D eigenvalue weighted by Gasteiger charge is -2.31. The molecule has 0 fully saturated rings. The smallest absolute Gasteiger partial charge is 0.241 e. The van der Waals surface area contributed by atoms with Gasteiger partial charge in [0, 0.05) is 18.9 Å². The number of carbonyl (C=O) groups excluding carboxylic acids is 1. The lowest BCUT2D eigenvalue weighted by atomic mass is 10.1. The number of nitrogens with zero attached hydrogens (tertiary/aromatic N) is 1. The lowest BCUT2D eigenvalue weighted by molar-refractivity contribution is -0.125. The van der Waals surface area contributed by atoms with Crippen molar-refractivity contribution in [3.8, 4) is 0 Å². The van der Waals surface area contributed by atoms with Gasteiger partial charge in [-0.25, -0.2) is 13.1 Å². The van der Waals surface area contributed by atoms with E-state index < -0.39 is 28.3 Å². The van der Waals surface area contributed by atoms with Gasteiger partial charge in [-0.15, -0.1) is 0 Å². The molecule has 2 heterocycles. The second kappa shape index (κ2) is 10.6. The van der Waals surface area contributed by atoms with Crippen molar-refractivity contribution in [2.45, 2.75) is 42.9 Å². The number of aromatic nitrogens is 1. The van der Waals surface area contributed by atoms with Crippen molar-refractivity contribution >= 4 is 15.9 Å². The van der Waals surface area contributed by atoms with Crippen LogP contribution in [-0.2, 0) is 26.0 Å². The number of sulfonamides is 1. The Kier molecular flexibility index (Phi) is 7.91. The van der Waals surface area contributed by atoms with Crippen LogP contribution in [0.5, 0.6) is 0 Å². The summed E-state index contributed by atoms with van der Waals surface area (Å²) in [7, 11) is -3.77. The van der Waals surface area contributed by atoms with Gasteiger partial charge in [0.2, 0.25) is 15.9 Å². The summed E-state index contributed by atoms with van der Waals surface area (Å²) in [4.78, 5) is 16.3. The minimum Gasteiger partial charge on any atom is -0.394 e. The average molecular weight is 446 g/mol. The fourth-order valence-electron chi connectivity index (χ4n) is 3.23. The van der Waals surface area contributed by atoms with Gasteiger partial charge in [0.1, 0.15) is 6.10 Å². The van der Waals surface area contributed by atoms with Gasteiger partial charge in [-0.3, -0.25) is 9.78 Å². The van der Waals surface area contributed by atoms with Gasteiger partial charge in [-0.05, 0) is 43.2 Å². The summed E-state index contributed by atoms with van der Waals surface area (Å²) < 4.78 is 33.5. The molecular formula is C22H27N3O5S. The van der Waals surface area contributed by atoms with Crippen LogP contribution in [-0.4, -0.2) is 55.8 Å². The van der Waals surface area contributed by atoms with Crippen LogP contribution in [0.25, 0.3) is 0 Å². The highest BCUT2D eigenvalue weighted by atomic mass is 32.2. The maximum absolute atomic E-state index is 12.6. The quantitative estimate of drug-likeness (QED) is 0.498. The van der Waals surface area contributed by atoms with E-state index in [2.05, 4.69) is 15.0 Å². The second-order valence-electron chi connectivity index (χ2n) is 7.40. The number of rotatable bonds is 9. The molecule has 3 N–H and O–H groups in total. The monoisotopic (exact) mass is 445 g/mol. The van der Waals surface area contributed by atoms with Gasteiger partial charge >= 0.3 is 0 Å². The van der Waals surface area contributed by atoms with Crippen LogP contribution in [0.1, 0.15) is 17.5 Å². The minimum absolute atomic E-state index is 0.0841. The van der Waals surface area contributed by atoms with E-state index in [9.17, 15) is 18.3 Å². The van der Waals surface area contributed by atoms with Crippen LogP contribution in [0.4, 0.5) is 0 Å². The molecule has 0 radical (unpaired) electrons. The summed E-state index contributed by atoms with van der Waals surface area (Å²) in [5.74, 6) is -0.181. The van der Waals surface area contributed by atoms with Gasteiger partial charge in [-0.2, -0.15) is 0 Å². The zero-order valence-corrected chi connectivity index (χ0v) is 18.1. The van der Waals surface area contributed by atoms with E-state index in [1.165, 1.54) is 12.1 Å². The lowest BCUT2D eigenvalue weighted by Crippen LogP contribution is -2.49. The van der Waals surface area contributed by atoms with Gasteiger partial charge < -0.3 is 15.2 Å². The van der Waals surface area contributed by atoms with Crippen LogP contribution < -0.4 is 10.0 Å². The first kappa shape index (κ1) is 23.1. The zero-order valence-electron chi connectivity index (χ0n) is 17.3. The van der Waals surface area contributed by atoms with E-state index in [4.69, 9.17) is 4.74 Å². The van der Waals surface area contributed by atoms with Crippen LogP contribution >= 0.6 is 0 Å². The molecule has 0 bridgehead atoms. The molecular weight excluding hydrogens is 418 g/mol. The molecule has 3 atom stereocenters. The van der Waals surface area contributed by atoms with Crippen LogP contribution in [0.2, 0.25) is 0 Å². The van der Waals surface area contributed by atoms with Gasteiger partial charge in [0.25, 0.3) is 0 Å². The topological polar surface area (TPSA) is 118 Å². The van der Waals surface area contributed by atoms with Crippen molar-refractivity contribution in [2.24, 2.45) is 0 Å². The highest BCUT2D eigenvalue weighted by Crippen LogP contribution is 2.18. The Balaban J connectivity index is 1.53. The van der Waals surface area contributed by atoms with Gasteiger partial charge in [0.15, 0.2) is 0 Å². The molecule has 166 valence electrons. The SMILES string of the molecule is Cc1ccc(S(=O)(=O)N[C@@H]2C=C[C@@H](CC(=O)NCCc3ccncc3)O[C@@H]2CO)cc1. The third-order valence-corrected chi connectivity index (χ3v) is 6.43. The average Bonchev–Trinajstić information content (AvgIpc) is 2.75. The van der Waals surface area contributed by atoms with E-state index in [-0.39, 0.29) is 23.8 Å². The van der Waals surface area contributed by atoms with Crippen molar-refractivity contribution in [2.75, 3.05) is 13.2 Å². The Morgan fingerprint density at radius 2 is 1.84 bits per heavy atom. The molecule has 1 aromatic carbocycles. The Labute approximate surface area is 182 Å². The van der Waals surface area contributed by atoms with Gasteiger partial charge in [0.05, 0.1) is 30.1 Å². The van der Waals surface area contributed by atoms with Crippen molar-refractivity contribution in [1.29, 1.82) is 0 Å². The number of aryl methyl sites for hydroxylation is 1. The maximum atomic E-state index is 12.6. The Hall–Kier alpha value is -2.59. The largest absolute Gasteiger partial charge is 0.394 e. The van der Waals surface area contributed by atoms with Crippen LogP contribution in [0, 0.1) is 6.92 Å². The molecule has 1 aromatic heterocycles. The number of nitrogens with one attached hydrogen (secondary N) is 2. The Bertz CT molecular complexity index is 994.